The van der Waals surface area contributed by atoms with E-state index in [9.17, 15) is 4.21 Å². The average Bonchev–Trinajstić information content (AvgIpc) is 2.78. The van der Waals surface area contributed by atoms with Crippen molar-refractivity contribution >= 4 is 10.8 Å². The Balaban J connectivity index is 1.84. The van der Waals surface area contributed by atoms with Gasteiger partial charge in [-0.15, -0.1) is 0 Å². The van der Waals surface area contributed by atoms with E-state index in [0.29, 0.717) is 24.9 Å². The Morgan fingerprint density at radius 2 is 1.95 bits per heavy atom. The second-order valence-corrected chi connectivity index (χ2v) is 6.91. The van der Waals surface area contributed by atoms with Crippen molar-refractivity contribution in [3.05, 3.63) is 18.2 Å². The maximum absolute atomic E-state index is 12.6. The van der Waals surface area contributed by atoms with Gasteiger partial charge in [-0.3, -0.25) is 4.21 Å². The van der Waals surface area contributed by atoms with Crippen LogP contribution in [-0.4, -0.2) is 28.7 Å². The van der Waals surface area contributed by atoms with Crippen LogP contribution in [0.2, 0.25) is 0 Å². The molecule has 5 heteroatoms. The predicted octanol–water partition coefficient (Wildman–Crippen LogP) is 1.69. The fourth-order valence-electron chi connectivity index (χ4n) is 2.78. The molecule has 0 saturated heterocycles. The molecule has 2 N–H and O–H groups in total. The second kappa shape index (κ2) is 5.13. The van der Waals surface area contributed by atoms with E-state index >= 15 is 0 Å². The van der Waals surface area contributed by atoms with Crippen molar-refractivity contribution in [1.29, 1.82) is 0 Å². The molecule has 0 spiro atoms. The Hall–Kier alpha value is -1.07. The Morgan fingerprint density at radius 1 is 1.21 bits per heavy atom. The average molecular weight is 281 g/mol. The quantitative estimate of drug-likeness (QED) is 0.896. The number of nitrogens with two attached hydrogens (primary N) is 1. The zero-order valence-corrected chi connectivity index (χ0v) is 11.8. The van der Waals surface area contributed by atoms with Crippen LogP contribution in [-0.2, 0) is 10.8 Å². The van der Waals surface area contributed by atoms with Crippen molar-refractivity contribution < 1.29 is 13.7 Å². The van der Waals surface area contributed by atoms with Crippen LogP contribution in [0.25, 0.3) is 0 Å². The van der Waals surface area contributed by atoms with Crippen molar-refractivity contribution in [2.45, 2.75) is 36.0 Å². The minimum absolute atomic E-state index is 0.151. The zero-order chi connectivity index (χ0) is 13.4. The van der Waals surface area contributed by atoms with E-state index < -0.39 is 10.8 Å². The summed E-state index contributed by atoms with van der Waals surface area (Å²) in [5.41, 5.74) is 6.02. The van der Waals surface area contributed by atoms with Crippen molar-refractivity contribution in [3.8, 4) is 11.5 Å². The summed E-state index contributed by atoms with van der Waals surface area (Å²) < 4.78 is 23.7. The number of fused-ring (bicyclic) bond motifs is 1. The molecule has 1 aliphatic carbocycles. The first-order valence-corrected chi connectivity index (χ1v) is 7.94. The number of hydrogen-bond donors (Lipinski definition) is 1. The van der Waals surface area contributed by atoms with Crippen molar-refractivity contribution in [2.24, 2.45) is 11.7 Å². The highest BCUT2D eigenvalue weighted by Gasteiger charge is 2.35. The van der Waals surface area contributed by atoms with E-state index in [1.807, 2.05) is 18.2 Å². The van der Waals surface area contributed by atoms with Crippen LogP contribution in [0.4, 0.5) is 0 Å². The molecule has 0 bridgehead atoms. The summed E-state index contributed by atoms with van der Waals surface area (Å²) >= 11 is 0. The SMILES string of the molecule is CC1C(N)CCC1S(=O)c1ccc2c(c1)OCCO2. The summed E-state index contributed by atoms with van der Waals surface area (Å²) in [6, 6.07) is 5.74. The van der Waals surface area contributed by atoms with Crippen molar-refractivity contribution in [3.63, 3.8) is 0 Å². The standard InChI is InChI=1S/C14H19NO3S/c1-9-11(15)3-5-14(9)19(16)10-2-4-12-13(8-10)18-7-6-17-12/h2,4,8-9,11,14H,3,5-7,15H2,1H3. The largest absolute Gasteiger partial charge is 0.486 e. The van der Waals surface area contributed by atoms with E-state index in [1.165, 1.54) is 0 Å². The van der Waals surface area contributed by atoms with Gasteiger partial charge in [-0.2, -0.15) is 0 Å². The van der Waals surface area contributed by atoms with Gasteiger partial charge in [0.05, 0.1) is 10.8 Å². The highest BCUT2D eigenvalue weighted by molar-refractivity contribution is 7.85. The third-order valence-electron chi connectivity index (χ3n) is 4.07. The molecule has 1 aromatic carbocycles. The summed E-state index contributed by atoms with van der Waals surface area (Å²) in [6.45, 7) is 3.22. The van der Waals surface area contributed by atoms with Crippen molar-refractivity contribution in [2.75, 3.05) is 13.2 Å². The molecule has 4 nitrogen and oxygen atoms in total. The molecule has 3 rings (SSSR count). The molecule has 1 fully saturated rings. The van der Waals surface area contributed by atoms with Gasteiger partial charge in [0.25, 0.3) is 0 Å². The summed E-state index contributed by atoms with van der Waals surface area (Å²) in [5.74, 6) is 1.74. The van der Waals surface area contributed by atoms with Gasteiger partial charge in [-0.25, -0.2) is 0 Å². The lowest BCUT2D eigenvalue weighted by Gasteiger charge is -2.21. The molecular weight excluding hydrogens is 262 g/mol. The van der Waals surface area contributed by atoms with Crippen LogP contribution in [0, 0.1) is 5.92 Å². The zero-order valence-electron chi connectivity index (χ0n) is 11.0. The molecule has 19 heavy (non-hydrogen) atoms. The predicted molar refractivity (Wildman–Crippen MR) is 74.0 cm³/mol. The van der Waals surface area contributed by atoms with Crippen LogP contribution in [0.5, 0.6) is 11.5 Å². The third kappa shape index (κ3) is 2.37. The maximum Gasteiger partial charge on any atom is 0.162 e. The Kier molecular flexibility index (Phi) is 3.50. The minimum Gasteiger partial charge on any atom is -0.486 e. The molecule has 1 saturated carbocycles. The van der Waals surface area contributed by atoms with Gasteiger partial charge in [0.15, 0.2) is 11.5 Å². The number of rotatable bonds is 2. The maximum atomic E-state index is 12.6. The topological polar surface area (TPSA) is 61.6 Å². The van der Waals surface area contributed by atoms with E-state index in [1.54, 1.807) is 0 Å². The lowest BCUT2D eigenvalue weighted by Crippen LogP contribution is -2.29. The molecule has 0 amide bonds. The van der Waals surface area contributed by atoms with Crippen LogP contribution in [0.15, 0.2) is 23.1 Å². The normalized spacial score (nSPS) is 31.2. The summed E-state index contributed by atoms with van der Waals surface area (Å²) in [6.07, 6.45) is 1.89. The fourth-order valence-corrected chi connectivity index (χ4v) is 4.50. The Morgan fingerprint density at radius 3 is 2.63 bits per heavy atom. The first-order chi connectivity index (χ1) is 9.16. The van der Waals surface area contributed by atoms with Gasteiger partial charge in [-0.1, -0.05) is 6.92 Å². The molecule has 4 atom stereocenters. The monoisotopic (exact) mass is 281 g/mol. The van der Waals surface area contributed by atoms with E-state index in [2.05, 4.69) is 6.92 Å². The summed E-state index contributed by atoms with van der Waals surface area (Å²) in [7, 11) is -1.02. The molecule has 4 unspecified atom stereocenters. The van der Waals surface area contributed by atoms with Crippen LogP contribution < -0.4 is 15.2 Å². The first kappa shape index (κ1) is 12.9. The minimum atomic E-state index is -1.02. The molecule has 1 heterocycles. The summed E-state index contributed by atoms with van der Waals surface area (Å²) in [4.78, 5) is 0.815. The van der Waals surface area contributed by atoms with Gasteiger partial charge in [0, 0.05) is 22.3 Å². The highest BCUT2D eigenvalue weighted by Crippen LogP contribution is 2.36. The smallest absolute Gasteiger partial charge is 0.162 e. The Labute approximate surface area is 115 Å². The summed E-state index contributed by atoms with van der Waals surface area (Å²) in [5, 5.41) is 0.151. The number of ether oxygens (including phenoxy) is 2. The van der Waals surface area contributed by atoms with E-state index in [0.717, 1.165) is 23.5 Å². The van der Waals surface area contributed by atoms with Gasteiger partial charge < -0.3 is 15.2 Å². The molecule has 1 aliphatic heterocycles. The van der Waals surface area contributed by atoms with E-state index in [-0.39, 0.29) is 11.3 Å². The fraction of sp³-hybridized carbons (Fsp3) is 0.571. The third-order valence-corrected chi connectivity index (χ3v) is 6.00. The number of hydrogen-bond acceptors (Lipinski definition) is 4. The van der Waals surface area contributed by atoms with Gasteiger partial charge in [0.1, 0.15) is 13.2 Å². The van der Waals surface area contributed by atoms with E-state index in [4.69, 9.17) is 15.2 Å². The molecule has 0 aromatic heterocycles. The van der Waals surface area contributed by atoms with Gasteiger partial charge in [0.2, 0.25) is 0 Å². The van der Waals surface area contributed by atoms with Gasteiger partial charge >= 0.3 is 0 Å². The van der Waals surface area contributed by atoms with Gasteiger partial charge in [-0.05, 0) is 30.9 Å². The Bertz CT molecular complexity index is 505. The second-order valence-electron chi connectivity index (χ2n) is 5.24. The molecular formula is C14H19NO3S. The lowest BCUT2D eigenvalue weighted by atomic mass is 10.1. The highest BCUT2D eigenvalue weighted by atomic mass is 32.2. The molecule has 0 radical (unpaired) electrons. The molecule has 104 valence electrons. The van der Waals surface area contributed by atoms with Crippen molar-refractivity contribution in [1.82, 2.24) is 0 Å². The lowest BCUT2D eigenvalue weighted by molar-refractivity contribution is 0.171. The first-order valence-electron chi connectivity index (χ1n) is 6.72. The molecule has 2 aliphatic rings. The molecule has 1 aromatic rings. The van der Waals surface area contributed by atoms with Crippen LogP contribution >= 0.6 is 0 Å². The van der Waals surface area contributed by atoms with Crippen LogP contribution in [0.3, 0.4) is 0 Å². The number of benzene rings is 1. The van der Waals surface area contributed by atoms with Crippen LogP contribution in [0.1, 0.15) is 19.8 Å².